The van der Waals surface area contributed by atoms with Crippen LogP contribution in [0.25, 0.3) is 0 Å². The van der Waals surface area contributed by atoms with E-state index in [2.05, 4.69) is 28.1 Å². The highest BCUT2D eigenvalue weighted by molar-refractivity contribution is 7.80. The summed E-state index contributed by atoms with van der Waals surface area (Å²) in [4.78, 5) is 15.5. The zero-order valence-electron chi connectivity index (χ0n) is 9.86. The number of nitrogens with zero attached hydrogens (tertiary/aromatic N) is 1. The molecule has 1 atom stereocenters. The Morgan fingerprint density at radius 1 is 1.41 bits per heavy atom. The van der Waals surface area contributed by atoms with Gasteiger partial charge in [0, 0.05) is 24.0 Å². The van der Waals surface area contributed by atoms with Crippen LogP contribution in [-0.2, 0) is 0 Å². The molecule has 3 N–H and O–H groups in total. The van der Waals surface area contributed by atoms with Crippen LogP contribution in [0, 0.1) is 0 Å². The molecule has 0 saturated carbocycles. The van der Waals surface area contributed by atoms with Gasteiger partial charge in [-0.15, -0.1) is 0 Å². The topological polar surface area (TPSA) is 66.0 Å². The van der Waals surface area contributed by atoms with Crippen molar-refractivity contribution in [1.82, 2.24) is 21.2 Å². The molecule has 0 radical (unpaired) electrons. The van der Waals surface area contributed by atoms with E-state index >= 15 is 0 Å². The second-order valence-corrected chi connectivity index (χ2v) is 4.01. The average molecular weight is 252 g/mol. The number of carbonyl (C=O) groups is 1. The van der Waals surface area contributed by atoms with Crippen molar-refractivity contribution in [3.63, 3.8) is 0 Å². The van der Waals surface area contributed by atoms with E-state index in [1.54, 1.807) is 24.5 Å². The van der Waals surface area contributed by atoms with Crippen LogP contribution < -0.4 is 16.2 Å². The number of aromatic nitrogens is 1. The van der Waals surface area contributed by atoms with Crippen LogP contribution in [0.1, 0.15) is 30.6 Å². The molecule has 1 rings (SSSR count). The van der Waals surface area contributed by atoms with E-state index in [1.165, 1.54) is 0 Å². The van der Waals surface area contributed by atoms with E-state index in [4.69, 9.17) is 12.2 Å². The Bertz CT molecular complexity index is 382. The normalized spacial score (nSPS) is 11.4. The molecule has 0 unspecified atom stereocenters. The quantitative estimate of drug-likeness (QED) is 0.553. The molecule has 0 aliphatic rings. The van der Waals surface area contributed by atoms with E-state index < -0.39 is 0 Å². The van der Waals surface area contributed by atoms with Gasteiger partial charge in [-0.1, -0.05) is 6.92 Å². The molecule has 0 fully saturated rings. The first kappa shape index (κ1) is 13.4. The Hall–Kier alpha value is -1.69. The molecular weight excluding hydrogens is 236 g/mol. The highest BCUT2D eigenvalue weighted by Gasteiger charge is 2.05. The summed E-state index contributed by atoms with van der Waals surface area (Å²) in [6, 6.07) is 3.53. The summed E-state index contributed by atoms with van der Waals surface area (Å²) in [6.07, 6.45) is 4.08. The van der Waals surface area contributed by atoms with Crippen molar-refractivity contribution in [3.8, 4) is 0 Å². The Morgan fingerprint density at radius 3 is 2.65 bits per heavy atom. The molecule has 1 aromatic heterocycles. The zero-order valence-corrected chi connectivity index (χ0v) is 10.7. The molecule has 0 aliphatic carbocycles. The van der Waals surface area contributed by atoms with Crippen molar-refractivity contribution in [2.24, 2.45) is 0 Å². The first-order chi connectivity index (χ1) is 8.13. The molecule has 0 bridgehead atoms. The lowest BCUT2D eigenvalue weighted by Gasteiger charge is -2.15. The van der Waals surface area contributed by atoms with Gasteiger partial charge >= 0.3 is 0 Å². The predicted molar refractivity (Wildman–Crippen MR) is 70.3 cm³/mol. The summed E-state index contributed by atoms with van der Waals surface area (Å²) >= 11 is 5.02. The van der Waals surface area contributed by atoms with Crippen LogP contribution in [0.4, 0.5) is 0 Å². The number of amides is 1. The number of hydrogen-bond donors (Lipinski definition) is 3. The Kier molecular flexibility index (Phi) is 5.35. The van der Waals surface area contributed by atoms with Crippen molar-refractivity contribution < 1.29 is 4.79 Å². The molecular formula is C11H16N4OS. The second-order valence-electron chi connectivity index (χ2n) is 3.60. The number of carbonyl (C=O) groups excluding carboxylic acids is 1. The molecule has 1 aromatic rings. The molecule has 6 heteroatoms. The fourth-order valence-corrected chi connectivity index (χ4v) is 1.30. The number of nitrogens with one attached hydrogen (secondary N) is 3. The maximum Gasteiger partial charge on any atom is 0.269 e. The van der Waals surface area contributed by atoms with Crippen LogP contribution in [0.3, 0.4) is 0 Å². The van der Waals surface area contributed by atoms with Crippen LogP contribution >= 0.6 is 12.2 Å². The van der Waals surface area contributed by atoms with Crippen molar-refractivity contribution in [1.29, 1.82) is 0 Å². The van der Waals surface area contributed by atoms with E-state index in [9.17, 15) is 4.79 Å². The van der Waals surface area contributed by atoms with Crippen LogP contribution in [-0.4, -0.2) is 22.0 Å². The number of thiocarbonyl (C=S) groups is 1. The summed E-state index contributed by atoms with van der Waals surface area (Å²) in [5.74, 6) is -0.249. The van der Waals surface area contributed by atoms with Gasteiger partial charge in [0.2, 0.25) is 0 Å². The molecule has 1 amide bonds. The first-order valence-electron chi connectivity index (χ1n) is 5.40. The predicted octanol–water partition coefficient (Wildman–Crippen LogP) is 0.989. The monoisotopic (exact) mass is 252 g/mol. The number of rotatable bonds is 3. The largest absolute Gasteiger partial charge is 0.359 e. The molecule has 0 saturated heterocycles. The van der Waals surface area contributed by atoms with E-state index in [-0.39, 0.29) is 11.9 Å². The third-order valence-corrected chi connectivity index (χ3v) is 2.44. The molecule has 0 aliphatic heterocycles. The lowest BCUT2D eigenvalue weighted by atomic mass is 10.2. The summed E-state index contributed by atoms with van der Waals surface area (Å²) in [5.41, 5.74) is 5.68. The summed E-state index contributed by atoms with van der Waals surface area (Å²) in [6.45, 7) is 4.06. The standard InChI is InChI=1S/C11H16N4OS/c1-3-8(2)13-11(17)15-14-10(16)9-4-6-12-7-5-9/h4-8H,3H2,1-2H3,(H,14,16)(H2,13,15,17)/t8-/m1/s1. The second kappa shape index (κ2) is 6.80. The maximum atomic E-state index is 11.6. The molecule has 0 aromatic carbocycles. The Balaban J connectivity index is 2.36. The van der Waals surface area contributed by atoms with Crippen molar-refractivity contribution in [2.75, 3.05) is 0 Å². The molecule has 17 heavy (non-hydrogen) atoms. The van der Waals surface area contributed by atoms with Gasteiger partial charge in [0.15, 0.2) is 5.11 Å². The minimum Gasteiger partial charge on any atom is -0.359 e. The average Bonchev–Trinajstić information content (AvgIpc) is 2.36. The lowest BCUT2D eigenvalue weighted by molar-refractivity contribution is 0.0943. The number of hydrazine groups is 1. The van der Waals surface area contributed by atoms with Gasteiger partial charge in [-0.2, -0.15) is 0 Å². The lowest BCUT2D eigenvalue weighted by Crippen LogP contribution is -2.48. The van der Waals surface area contributed by atoms with Gasteiger partial charge in [0.05, 0.1) is 0 Å². The van der Waals surface area contributed by atoms with Crippen LogP contribution in [0.15, 0.2) is 24.5 Å². The summed E-state index contributed by atoms with van der Waals surface area (Å²) in [7, 11) is 0. The van der Waals surface area contributed by atoms with Crippen LogP contribution in [0.5, 0.6) is 0 Å². The Labute approximate surface area is 106 Å². The van der Waals surface area contributed by atoms with Crippen molar-refractivity contribution >= 4 is 23.2 Å². The maximum absolute atomic E-state index is 11.6. The van der Waals surface area contributed by atoms with Crippen molar-refractivity contribution in [2.45, 2.75) is 26.3 Å². The van der Waals surface area contributed by atoms with E-state index in [0.29, 0.717) is 10.7 Å². The third-order valence-electron chi connectivity index (χ3n) is 2.22. The highest BCUT2D eigenvalue weighted by Crippen LogP contribution is 1.94. The van der Waals surface area contributed by atoms with Crippen LogP contribution in [0.2, 0.25) is 0 Å². The third kappa shape index (κ3) is 4.78. The first-order valence-corrected chi connectivity index (χ1v) is 5.81. The minimum atomic E-state index is -0.249. The smallest absolute Gasteiger partial charge is 0.269 e. The molecule has 1 heterocycles. The van der Waals surface area contributed by atoms with Gasteiger partial charge in [-0.25, -0.2) is 0 Å². The van der Waals surface area contributed by atoms with E-state index in [0.717, 1.165) is 6.42 Å². The zero-order chi connectivity index (χ0) is 12.7. The Morgan fingerprint density at radius 2 is 2.06 bits per heavy atom. The fourth-order valence-electron chi connectivity index (χ4n) is 1.05. The minimum absolute atomic E-state index is 0.249. The molecule has 92 valence electrons. The number of hydrogen-bond acceptors (Lipinski definition) is 3. The molecule has 5 nitrogen and oxygen atoms in total. The van der Waals surface area contributed by atoms with Gasteiger partial charge in [0.25, 0.3) is 5.91 Å². The summed E-state index contributed by atoms with van der Waals surface area (Å²) < 4.78 is 0. The van der Waals surface area contributed by atoms with Gasteiger partial charge in [-0.05, 0) is 37.7 Å². The fraction of sp³-hybridized carbons (Fsp3) is 0.364. The number of pyridine rings is 1. The van der Waals surface area contributed by atoms with E-state index in [1.807, 2.05) is 6.92 Å². The SMILES string of the molecule is CC[C@@H](C)NC(=S)NNC(=O)c1ccncc1. The molecule has 0 spiro atoms. The van der Waals surface area contributed by atoms with Gasteiger partial charge in [-0.3, -0.25) is 20.6 Å². The summed E-state index contributed by atoms with van der Waals surface area (Å²) in [5, 5.41) is 3.43. The van der Waals surface area contributed by atoms with Gasteiger partial charge in [0.1, 0.15) is 0 Å². The van der Waals surface area contributed by atoms with Crippen molar-refractivity contribution in [3.05, 3.63) is 30.1 Å². The highest BCUT2D eigenvalue weighted by atomic mass is 32.1. The van der Waals surface area contributed by atoms with Gasteiger partial charge < -0.3 is 5.32 Å².